The Kier molecular flexibility index (Phi) is 3.00. The Hall–Kier alpha value is -0.580. The molecular weight excluding hydrogens is 234 g/mol. The van der Waals surface area contributed by atoms with Crippen LogP contribution >= 0.6 is 22.9 Å². The van der Waals surface area contributed by atoms with Gasteiger partial charge in [-0.3, -0.25) is 4.79 Å². The molecule has 1 aliphatic rings. The molecule has 0 bridgehead atoms. The molecule has 1 aliphatic heterocycles. The number of ether oxygens (including phenoxy) is 1. The number of carbonyl (C=O) groups excluding carboxylic acids is 1. The lowest BCUT2D eigenvalue weighted by molar-refractivity contribution is 0.0894. The average molecular weight is 246 g/mol. The second-order valence-corrected chi connectivity index (χ2v) is 5.64. The fourth-order valence-corrected chi connectivity index (χ4v) is 2.48. The van der Waals surface area contributed by atoms with Crippen LogP contribution in [-0.2, 0) is 4.74 Å². The minimum absolute atomic E-state index is 0.0695. The summed E-state index contributed by atoms with van der Waals surface area (Å²) < 4.78 is 5.90. The second kappa shape index (κ2) is 4.12. The van der Waals surface area contributed by atoms with Crippen LogP contribution in [0.1, 0.15) is 23.0 Å². The molecule has 0 spiro atoms. The third kappa shape index (κ3) is 2.51. The number of amides is 1. The molecule has 2 heterocycles. The maximum atomic E-state index is 11.8. The lowest BCUT2D eigenvalue weighted by atomic mass is 10.0. The first-order chi connectivity index (χ1) is 7.09. The number of thiophene rings is 1. The van der Waals surface area contributed by atoms with Gasteiger partial charge in [-0.25, -0.2) is 0 Å². The maximum absolute atomic E-state index is 11.8. The molecule has 1 amide bonds. The molecule has 15 heavy (non-hydrogen) atoms. The topological polar surface area (TPSA) is 38.3 Å². The van der Waals surface area contributed by atoms with Crippen molar-refractivity contribution >= 4 is 28.8 Å². The van der Waals surface area contributed by atoms with Gasteiger partial charge in [-0.15, -0.1) is 11.3 Å². The summed E-state index contributed by atoms with van der Waals surface area (Å²) in [5.41, 5.74) is -0.229. The van der Waals surface area contributed by atoms with E-state index in [2.05, 4.69) is 5.32 Å². The molecule has 1 fully saturated rings. The number of rotatable bonds is 2. The number of halogens is 1. The molecule has 3 nitrogen and oxygen atoms in total. The van der Waals surface area contributed by atoms with Crippen molar-refractivity contribution in [3.8, 4) is 0 Å². The normalized spacial score (nSPS) is 25.5. The largest absolute Gasteiger partial charge is 0.379 e. The van der Waals surface area contributed by atoms with E-state index in [1.807, 2.05) is 6.92 Å². The molecule has 1 unspecified atom stereocenters. The number of carbonyl (C=O) groups is 1. The van der Waals surface area contributed by atoms with Crippen molar-refractivity contribution in [2.24, 2.45) is 0 Å². The molecule has 0 aliphatic carbocycles. The van der Waals surface area contributed by atoms with E-state index in [-0.39, 0.29) is 11.4 Å². The van der Waals surface area contributed by atoms with Crippen LogP contribution in [0, 0.1) is 0 Å². The summed E-state index contributed by atoms with van der Waals surface area (Å²) in [6, 6.07) is 3.47. The Bertz CT molecular complexity index is 371. The first-order valence-electron chi connectivity index (χ1n) is 4.75. The van der Waals surface area contributed by atoms with Crippen molar-refractivity contribution in [3.63, 3.8) is 0 Å². The zero-order valence-corrected chi connectivity index (χ0v) is 9.95. The lowest BCUT2D eigenvalue weighted by Gasteiger charge is -2.22. The van der Waals surface area contributed by atoms with Crippen molar-refractivity contribution in [2.75, 3.05) is 13.2 Å². The minimum Gasteiger partial charge on any atom is -0.379 e. The summed E-state index contributed by atoms with van der Waals surface area (Å²) in [6.45, 7) is 3.28. The standard InChI is InChI=1S/C10H12ClNO2S/c1-10(4-5-14-6-10)12-9(13)7-2-3-8(11)15-7/h2-3H,4-6H2,1H3,(H,12,13). The fourth-order valence-electron chi connectivity index (χ4n) is 1.54. The van der Waals surface area contributed by atoms with E-state index in [1.165, 1.54) is 11.3 Å². The molecule has 1 atom stereocenters. The third-order valence-corrected chi connectivity index (χ3v) is 3.66. The van der Waals surface area contributed by atoms with Crippen molar-refractivity contribution in [2.45, 2.75) is 18.9 Å². The van der Waals surface area contributed by atoms with E-state index in [0.29, 0.717) is 22.4 Å². The molecule has 82 valence electrons. The Morgan fingerprint density at radius 1 is 1.67 bits per heavy atom. The molecule has 1 saturated heterocycles. The van der Waals surface area contributed by atoms with Crippen LogP contribution < -0.4 is 5.32 Å². The molecule has 1 N–H and O–H groups in total. The summed E-state index contributed by atoms with van der Waals surface area (Å²) in [5, 5.41) is 2.97. The van der Waals surface area contributed by atoms with E-state index in [1.54, 1.807) is 12.1 Å². The van der Waals surface area contributed by atoms with E-state index in [9.17, 15) is 4.79 Å². The first kappa shape index (κ1) is 10.9. The van der Waals surface area contributed by atoms with Gasteiger partial charge in [-0.05, 0) is 25.5 Å². The van der Waals surface area contributed by atoms with Crippen LogP contribution in [0.3, 0.4) is 0 Å². The van der Waals surface area contributed by atoms with Gasteiger partial charge in [0.05, 0.1) is 21.4 Å². The van der Waals surface area contributed by atoms with E-state index < -0.39 is 0 Å². The van der Waals surface area contributed by atoms with Crippen molar-refractivity contribution in [3.05, 3.63) is 21.3 Å². The first-order valence-corrected chi connectivity index (χ1v) is 5.94. The summed E-state index contributed by atoms with van der Waals surface area (Å²) >= 11 is 7.06. The zero-order valence-electron chi connectivity index (χ0n) is 8.38. The van der Waals surface area contributed by atoms with Crippen molar-refractivity contribution in [1.29, 1.82) is 0 Å². The van der Waals surface area contributed by atoms with Crippen LogP contribution in [0.2, 0.25) is 4.34 Å². The predicted molar refractivity (Wildman–Crippen MR) is 60.6 cm³/mol. The molecule has 0 saturated carbocycles. The molecule has 2 rings (SSSR count). The van der Waals surface area contributed by atoms with Gasteiger partial charge >= 0.3 is 0 Å². The highest BCUT2D eigenvalue weighted by atomic mass is 35.5. The van der Waals surface area contributed by atoms with Gasteiger partial charge in [0.25, 0.3) is 5.91 Å². The maximum Gasteiger partial charge on any atom is 0.261 e. The fraction of sp³-hybridized carbons (Fsp3) is 0.500. The third-order valence-electron chi connectivity index (χ3n) is 2.43. The van der Waals surface area contributed by atoms with Gasteiger partial charge in [-0.1, -0.05) is 11.6 Å². The van der Waals surface area contributed by atoms with Gasteiger partial charge in [0, 0.05) is 6.61 Å². The Labute approximate surface area is 97.4 Å². The van der Waals surface area contributed by atoms with Gasteiger partial charge in [0.2, 0.25) is 0 Å². The summed E-state index contributed by atoms with van der Waals surface area (Å²) in [4.78, 5) is 12.5. The second-order valence-electron chi connectivity index (χ2n) is 3.92. The van der Waals surface area contributed by atoms with E-state index >= 15 is 0 Å². The molecule has 1 aromatic heterocycles. The summed E-state index contributed by atoms with van der Waals surface area (Å²) in [7, 11) is 0. The molecule has 1 aromatic rings. The number of hydrogen-bond acceptors (Lipinski definition) is 3. The van der Waals surface area contributed by atoms with E-state index in [4.69, 9.17) is 16.3 Å². The van der Waals surface area contributed by atoms with E-state index in [0.717, 1.165) is 6.42 Å². The Balaban J connectivity index is 2.03. The highest BCUT2D eigenvalue weighted by Crippen LogP contribution is 2.23. The summed E-state index contributed by atoms with van der Waals surface area (Å²) in [5.74, 6) is -0.0695. The number of hydrogen-bond donors (Lipinski definition) is 1. The zero-order chi connectivity index (χ0) is 10.9. The van der Waals surface area contributed by atoms with Crippen LogP contribution in [0.15, 0.2) is 12.1 Å². The Morgan fingerprint density at radius 2 is 2.47 bits per heavy atom. The van der Waals surface area contributed by atoms with Crippen LogP contribution in [0.25, 0.3) is 0 Å². The monoisotopic (exact) mass is 245 g/mol. The van der Waals surface area contributed by atoms with Gasteiger partial charge in [-0.2, -0.15) is 0 Å². The summed E-state index contributed by atoms with van der Waals surface area (Å²) in [6.07, 6.45) is 0.859. The molecule has 5 heteroatoms. The molecule has 0 aromatic carbocycles. The Morgan fingerprint density at radius 3 is 3.00 bits per heavy atom. The van der Waals surface area contributed by atoms with Crippen LogP contribution in [-0.4, -0.2) is 24.7 Å². The molecule has 0 radical (unpaired) electrons. The van der Waals surface area contributed by atoms with Crippen molar-refractivity contribution < 1.29 is 9.53 Å². The smallest absolute Gasteiger partial charge is 0.261 e. The number of nitrogens with one attached hydrogen (secondary N) is 1. The van der Waals surface area contributed by atoms with Gasteiger partial charge < -0.3 is 10.1 Å². The average Bonchev–Trinajstić information content (AvgIpc) is 2.75. The lowest BCUT2D eigenvalue weighted by Crippen LogP contribution is -2.46. The predicted octanol–water partition coefficient (Wildman–Crippen LogP) is 2.31. The highest BCUT2D eigenvalue weighted by Gasteiger charge is 2.31. The van der Waals surface area contributed by atoms with Gasteiger partial charge in [0.1, 0.15) is 0 Å². The molecular formula is C10H12ClNO2S. The van der Waals surface area contributed by atoms with Crippen molar-refractivity contribution in [1.82, 2.24) is 5.32 Å². The van der Waals surface area contributed by atoms with Crippen LogP contribution in [0.5, 0.6) is 0 Å². The quantitative estimate of drug-likeness (QED) is 0.869. The van der Waals surface area contributed by atoms with Crippen LogP contribution in [0.4, 0.5) is 0 Å². The highest BCUT2D eigenvalue weighted by molar-refractivity contribution is 7.18. The SMILES string of the molecule is CC1(NC(=O)c2ccc(Cl)s2)CCOC1. The van der Waals surface area contributed by atoms with Gasteiger partial charge in [0.15, 0.2) is 0 Å². The minimum atomic E-state index is -0.229.